The summed E-state index contributed by atoms with van der Waals surface area (Å²) in [5.41, 5.74) is 11.2. The monoisotopic (exact) mass is 748 g/mol. The number of aromatic nitrogens is 4. The van der Waals surface area contributed by atoms with Crippen LogP contribution in [0.25, 0.3) is 98.3 Å². The summed E-state index contributed by atoms with van der Waals surface area (Å²) in [5.74, 6) is 2.47. The molecule has 10 aromatic rings. The van der Waals surface area contributed by atoms with E-state index in [1.807, 2.05) is 29.5 Å². The van der Waals surface area contributed by atoms with Gasteiger partial charge < -0.3 is 4.57 Å². The molecule has 0 aliphatic heterocycles. The molecular formula is C52H36N4S. The van der Waals surface area contributed by atoms with Crippen LogP contribution in [0, 0.1) is 5.92 Å². The van der Waals surface area contributed by atoms with Crippen molar-refractivity contribution in [3.05, 3.63) is 188 Å². The zero-order valence-electron chi connectivity index (χ0n) is 31.3. The van der Waals surface area contributed by atoms with E-state index in [-0.39, 0.29) is 0 Å². The molecule has 3 aromatic heterocycles. The quantitative estimate of drug-likeness (QED) is 0.170. The first kappa shape index (κ1) is 33.4. The van der Waals surface area contributed by atoms with Crippen molar-refractivity contribution in [3.63, 3.8) is 0 Å². The Morgan fingerprint density at radius 3 is 1.98 bits per heavy atom. The SMILES string of the molecule is CC1C=CC=C(c2nc(-c3ccccc3)nc(-c3c(-n4c5ccccc5c5cc(-c6ccccc6-c6ccccc6)ccc54)ccc4c3sc3ccccc34)n2)C1. The van der Waals surface area contributed by atoms with Gasteiger partial charge in [0.25, 0.3) is 0 Å². The average Bonchev–Trinajstić information content (AvgIpc) is 3.82. The lowest BCUT2D eigenvalue weighted by atomic mass is 9.94. The highest BCUT2D eigenvalue weighted by atomic mass is 32.1. The zero-order valence-corrected chi connectivity index (χ0v) is 32.1. The molecule has 0 amide bonds. The summed E-state index contributed by atoms with van der Waals surface area (Å²) < 4.78 is 4.82. The Morgan fingerprint density at radius 1 is 0.526 bits per heavy atom. The van der Waals surface area contributed by atoms with Crippen LogP contribution in [0.4, 0.5) is 0 Å². The maximum atomic E-state index is 5.40. The maximum Gasteiger partial charge on any atom is 0.167 e. The Kier molecular flexibility index (Phi) is 8.00. The molecule has 0 N–H and O–H groups in total. The molecule has 1 aliphatic rings. The Balaban J connectivity index is 1.20. The highest BCUT2D eigenvalue weighted by molar-refractivity contribution is 7.26. The minimum atomic E-state index is 0.397. The first-order valence-electron chi connectivity index (χ1n) is 19.5. The molecule has 270 valence electrons. The topological polar surface area (TPSA) is 43.6 Å². The van der Waals surface area contributed by atoms with Gasteiger partial charge in [0.15, 0.2) is 17.5 Å². The standard InChI is InChI=1S/C52H36N4S/c1-33-15-14-20-37(31-33)51-53-50(35-18-6-3-7-19-35)54-52(55-51)48-46(30-28-42-41-24-11-13-26-47(41)57-49(42)48)56-44-25-12-10-23-40(44)43-32-36(27-29-45(43)56)39-22-9-8-21-38(39)34-16-4-2-5-17-34/h2-30,32-33H,31H2,1H3. The van der Waals surface area contributed by atoms with Gasteiger partial charge in [-0.25, -0.2) is 15.0 Å². The van der Waals surface area contributed by atoms with Gasteiger partial charge in [0, 0.05) is 36.5 Å². The molecule has 0 radical (unpaired) electrons. The van der Waals surface area contributed by atoms with Crippen molar-refractivity contribution in [2.75, 3.05) is 0 Å². The van der Waals surface area contributed by atoms with Gasteiger partial charge in [0.05, 0.1) is 22.3 Å². The van der Waals surface area contributed by atoms with Crippen LogP contribution in [0.2, 0.25) is 0 Å². The third-order valence-corrected chi connectivity index (χ3v) is 12.4. The van der Waals surface area contributed by atoms with Crippen LogP contribution in [0.3, 0.4) is 0 Å². The van der Waals surface area contributed by atoms with Gasteiger partial charge in [-0.1, -0.05) is 159 Å². The number of benzene rings is 7. The molecule has 3 heterocycles. The van der Waals surface area contributed by atoms with E-state index in [0.717, 1.165) is 50.4 Å². The molecule has 0 spiro atoms. The normalized spacial score (nSPS) is 14.2. The van der Waals surface area contributed by atoms with Gasteiger partial charge in [-0.15, -0.1) is 11.3 Å². The van der Waals surface area contributed by atoms with E-state index < -0.39 is 0 Å². The Morgan fingerprint density at radius 2 is 1.18 bits per heavy atom. The fourth-order valence-corrected chi connectivity index (χ4v) is 9.78. The fraction of sp³-hybridized carbons (Fsp3) is 0.0577. The van der Waals surface area contributed by atoms with Crippen LogP contribution in [-0.4, -0.2) is 19.5 Å². The summed E-state index contributed by atoms with van der Waals surface area (Å²) >= 11 is 1.81. The highest BCUT2D eigenvalue weighted by Crippen LogP contribution is 2.45. The minimum Gasteiger partial charge on any atom is -0.308 e. The van der Waals surface area contributed by atoms with Crippen molar-refractivity contribution < 1.29 is 0 Å². The Labute approximate surface area is 334 Å². The van der Waals surface area contributed by atoms with Crippen molar-refractivity contribution in [3.8, 4) is 50.7 Å². The molecule has 57 heavy (non-hydrogen) atoms. The second kappa shape index (κ2) is 13.7. The van der Waals surface area contributed by atoms with Crippen LogP contribution in [0.15, 0.2) is 182 Å². The summed E-state index contributed by atoms with van der Waals surface area (Å²) in [7, 11) is 0. The molecular weight excluding hydrogens is 713 g/mol. The first-order chi connectivity index (χ1) is 28.2. The summed E-state index contributed by atoms with van der Waals surface area (Å²) in [6.45, 7) is 2.24. The number of allylic oxidation sites excluding steroid dienone is 4. The molecule has 4 nitrogen and oxygen atoms in total. The van der Waals surface area contributed by atoms with Crippen molar-refractivity contribution >= 4 is 58.9 Å². The zero-order chi connectivity index (χ0) is 37.9. The van der Waals surface area contributed by atoms with Crippen molar-refractivity contribution in [2.24, 2.45) is 5.92 Å². The molecule has 1 atom stereocenters. The van der Waals surface area contributed by atoms with E-state index >= 15 is 0 Å². The predicted molar refractivity (Wildman–Crippen MR) is 240 cm³/mol. The second-order valence-corrected chi connectivity index (χ2v) is 15.9. The van der Waals surface area contributed by atoms with Gasteiger partial charge in [-0.3, -0.25) is 0 Å². The lowest BCUT2D eigenvalue weighted by molar-refractivity contribution is 0.742. The maximum absolute atomic E-state index is 5.40. The van der Waals surface area contributed by atoms with Crippen molar-refractivity contribution in [2.45, 2.75) is 13.3 Å². The number of rotatable bonds is 6. The third kappa shape index (κ3) is 5.70. The number of fused-ring (bicyclic) bond motifs is 6. The molecule has 0 saturated carbocycles. The predicted octanol–water partition coefficient (Wildman–Crippen LogP) is 14.0. The van der Waals surface area contributed by atoms with E-state index in [1.165, 1.54) is 48.5 Å². The van der Waals surface area contributed by atoms with E-state index in [1.54, 1.807) is 0 Å². The molecule has 1 unspecified atom stereocenters. The molecule has 7 aromatic carbocycles. The van der Waals surface area contributed by atoms with Crippen LogP contribution in [-0.2, 0) is 0 Å². The Bertz CT molecular complexity index is 3230. The minimum absolute atomic E-state index is 0.397. The third-order valence-electron chi connectivity index (χ3n) is 11.2. The fourth-order valence-electron chi connectivity index (χ4n) is 8.54. The molecule has 1 aliphatic carbocycles. The summed E-state index contributed by atoms with van der Waals surface area (Å²) in [5, 5.41) is 4.83. The van der Waals surface area contributed by atoms with Crippen LogP contribution < -0.4 is 0 Å². The van der Waals surface area contributed by atoms with Gasteiger partial charge in [0.1, 0.15) is 0 Å². The lowest BCUT2D eigenvalue weighted by Gasteiger charge is -2.17. The van der Waals surface area contributed by atoms with Crippen molar-refractivity contribution in [1.29, 1.82) is 0 Å². The molecule has 11 rings (SSSR count). The number of thiophene rings is 1. The molecule has 5 heteroatoms. The smallest absolute Gasteiger partial charge is 0.167 e. The summed E-state index contributed by atoms with van der Waals surface area (Å²) in [4.78, 5) is 15.9. The van der Waals surface area contributed by atoms with Gasteiger partial charge in [0.2, 0.25) is 0 Å². The number of para-hydroxylation sites is 1. The van der Waals surface area contributed by atoms with Gasteiger partial charge >= 0.3 is 0 Å². The van der Waals surface area contributed by atoms with Crippen LogP contribution in [0.1, 0.15) is 19.2 Å². The van der Waals surface area contributed by atoms with Gasteiger partial charge in [-0.05, 0) is 70.5 Å². The second-order valence-electron chi connectivity index (χ2n) is 14.9. The number of hydrogen-bond acceptors (Lipinski definition) is 4. The molecule has 0 saturated heterocycles. The largest absolute Gasteiger partial charge is 0.308 e. The van der Waals surface area contributed by atoms with E-state index in [9.17, 15) is 0 Å². The van der Waals surface area contributed by atoms with E-state index in [2.05, 4.69) is 175 Å². The average molecular weight is 749 g/mol. The molecule has 0 fully saturated rings. The Hall–Kier alpha value is -6.95. The molecule has 0 bridgehead atoms. The number of nitrogens with zero attached hydrogens (tertiary/aromatic N) is 4. The van der Waals surface area contributed by atoms with Crippen molar-refractivity contribution in [1.82, 2.24) is 19.5 Å². The van der Waals surface area contributed by atoms with E-state index in [0.29, 0.717) is 17.6 Å². The lowest BCUT2D eigenvalue weighted by Crippen LogP contribution is -2.07. The van der Waals surface area contributed by atoms with E-state index in [4.69, 9.17) is 15.0 Å². The summed E-state index contributed by atoms with van der Waals surface area (Å²) in [6, 6.07) is 58.6. The van der Waals surface area contributed by atoms with Crippen LogP contribution in [0.5, 0.6) is 0 Å². The van der Waals surface area contributed by atoms with Crippen LogP contribution >= 0.6 is 11.3 Å². The van der Waals surface area contributed by atoms with Gasteiger partial charge in [-0.2, -0.15) is 0 Å². The first-order valence-corrected chi connectivity index (χ1v) is 20.3. The summed E-state index contributed by atoms with van der Waals surface area (Å²) in [6.07, 6.45) is 7.41. The number of hydrogen-bond donors (Lipinski definition) is 0. The highest BCUT2D eigenvalue weighted by Gasteiger charge is 2.24.